The Hall–Kier alpha value is -3.45. The van der Waals surface area contributed by atoms with Crippen LogP contribution >= 0.6 is 0 Å². The van der Waals surface area contributed by atoms with Gasteiger partial charge in [0.25, 0.3) is 0 Å². The lowest BCUT2D eigenvalue weighted by molar-refractivity contribution is 0.335. The van der Waals surface area contributed by atoms with Crippen molar-refractivity contribution >= 4 is 15.7 Å². The maximum Gasteiger partial charge on any atom is 0.243 e. The summed E-state index contributed by atoms with van der Waals surface area (Å²) in [4.78, 5) is 2.64. The first-order valence-electron chi connectivity index (χ1n) is 11.8. The lowest BCUT2D eigenvalue weighted by atomic mass is 9.96. The van der Waals surface area contributed by atoms with Crippen molar-refractivity contribution in [2.24, 2.45) is 5.73 Å². The minimum atomic E-state index is -3.59. The van der Waals surface area contributed by atoms with Crippen molar-refractivity contribution in [1.82, 2.24) is 4.31 Å². The maximum atomic E-state index is 13.5. The lowest BCUT2D eigenvalue weighted by Gasteiger charge is -2.42. The van der Waals surface area contributed by atoms with Crippen LogP contribution < -0.4 is 10.6 Å². The van der Waals surface area contributed by atoms with Gasteiger partial charge in [0.05, 0.1) is 10.9 Å². The Kier molecular flexibility index (Phi) is 6.68. The molecule has 0 amide bonds. The second-order valence-electron chi connectivity index (χ2n) is 8.75. The van der Waals surface area contributed by atoms with Crippen molar-refractivity contribution in [3.63, 3.8) is 0 Å². The highest BCUT2D eigenvalue weighted by Crippen LogP contribution is 2.34. The number of anilines is 1. The van der Waals surface area contributed by atoms with Crippen LogP contribution in [0.25, 0.3) is 11.1 Å². The van der Waals surface area contributed by atoms with Gasteiger partial charge in [0.1, 0.15) is 0 Å². The fraction of sp³-hybridized carbons (Fsp3) is 0.172. The van der Waals surface area contributed by atoms with Crippen LogP contribution in [0.3, 0.4) is 0 Å². The average Bonchev–Trinajstić information content (AvgIpc) is 2.94. The molecule has 1 aliphatic rings. The van der Waals surface area contributed by atoms with E-state index in [4.69, 9.17) is 5.73 Å². The quantitative estimate of drug-likeness (QED) is 0.416. The van der Waals surface area contributed by atoms with Crippen LogP contribution in [0.2, 0.25) is 0 Å². The van der Waals surface area contributed by atoms with Gasteiger partial charge in [-0.1, -0.05) is 72.8 Å². The predicted octanol–water partition coefficient (Wildman–Crippen LogP) is 5.06. The highest BCUT2D eigenvalue weighted by atomic mass is 32.2. The molecule has 5 nitrogen and oxygen atoms in total. The Morgan fingerprint density at radius 2 is 1.40 bits per heavy atom. The molecule has 0 bridgehead atoms. The SMILES string of the molecule is NCc1cccc(-c2cccc(C3CN(S(=O)(=O)c4ccccc4)CCN3c3ccccc3)c2)c1. The third-order valence-electron chi connectivity index (χ3n) is 6.58. The molecule has 1 saturated heterocycles. The summed E-state index contributed by atoms with van der Waals surface area (Å²) in [6.45, 7) is 1.90. The van der Waals surface area contributed by atoms with E-state index < -0.39 is 10.0 Å². The molecule has 4 aromatic rings. The highest BCUT2D eigenvalue weighted by molar-refractivity contribution is 7.89. The van der Waals surface area contributed by atoms with Crippen LogP contribution in [0.4, 0.5) is 5.69 Å². The van der Waals surface area contributed by atoms with E-state index in [1.54, 1.807) is 28.6 Å². The second-order valence-corrected chi connectivity index (χ2v) is 10.7. The Balaban J connectivity index is 1.53. The highest BCUT2D eigenvalue weighted by Gasteiger charge is 2.35. The monoisotopic (exact) mass is 483 g/mol. The van der Waals surface area contributed by atoms with Crippen LogP contribution in [0.5, 0.6) is 0 Å². The van der Waals surface area contributed by atoms with E-state index in [0.717, 1.165) is 27.9 Å². The summed E-state index contributed by atoms with van der Waals surface area (Å²) in [5, 5.41) is 0. The van der Waals surface area contributed by atoms with Crippen LogP contribution in [-0.4, -0.2) is 32.4 Å². The average molecular weight is 484 g/mol. The van der Waals surface area contributed by atoms with Gasteiger partial charge in [0, 0.05) is 31.9 Å². The van der Waals surface area contributed by atoms with Crippen LogP contribution in [0.1, 0.15) is 17.2 Å². The van der Waals surface area contributed by atoms with Gasteiger partial charge in [0.15, 0.2) is 0 Å². The first kappa shape index (κ1) is 23.3. The maximum absolute atomic E-state index is 13.5. The molecular weight excluding hydrogens is 454 g/mol. The van der Waals surface area contributed by atoms with Crippen LogP contribution in [-0.2, 0) is 16.6 Å². The molecule has 1 atom stereocenters. The van der Waals surface area contributed by atoms with E-state index in [0.29, 0.717) is 31.1 Å². The number of benzene rings is 4. The van der Waals surface area contributed by atoms with E-state index in [9.17, 15) is 8.42 Å². The number of nitrogens with zero attached hydrogens (tertiary/aromatic N) is 2. The number of piperazine rings is 1. The molecule has 35 heavy (non-hydrogen) atoms. The van der Waals surface area contributed by atoms with Crippen molar-refractivity contribution in [2.45, 2.75) is 17.5 Å². The molecule has 178 valence electrons. The molecule has 0 spiro atoms. The zero-order valence-corrected chi connectivity index (χ0v) is 20.3. The van der Waals surface area contributed by atoms with Crippen molar-refractivity contribution in [2.75, 3.05) is 24.5 Å². The molecule has 4 aromatic carbocycles. The number of sulfonamides is 1. The fourth-order valence-electron chi connectivity index (χ4n) is 4.73. The number of hydrogen-bond acceptors (Lipinski definition) is 4. The van der Waals surface area contributed by atoms with Gasteiger partial charge in [0.2, 0.25) is 10.0 Å². The third kappa shape index (κ3) is 4.86. The van der Waals surface area contributed by atoms with Gasteiger partial charge in [-0.2, -0.15) is 4.31 Å². The van der Waals surface area contributed by atoms with Gasteiger partial charge in [-0.15, -0.1) is 0 Å². The molecule has 0 aromatic heterocycles. The van der Waals surface area contributed by atoms with Gasteiger partial charge >= 0.3 is 0 Å². The summed E-state index contributed by atoms with van der Waals surface area (Å²) < 4.78 is 28.5. The van der Waals surface area contributed by atoms with E-state index in [1.807, 2.05) is 42.5 Å². The molecule has 1 fully saturated rings. The molecule has 1 heterocycles. The topological polar surface area (TPSA) is 66.6 Å². The Bertz CT molecular complexity index is 1390. The molecule has 5 rings (SSSR count). The normalized spacial score (nSPS) is 16.8. The van der Waals surface area contributed by atoms with Gasteiger partial charge in [-0.3, -0.25) is 0 Å². The molecule has 1 aliphatic heterocycles. The Morgan fingerprint density at radius 1 is 0.743 bits per heavy atom. The Morgan fingerprint density at radius 3 is 2.11 bits per heavy atom. The summed E-state index contributed by atoms with van der Waals surface area (Å²) in [5.74, 6) is 0. The largest absolute Gasteiger partial charge is 0.362 e. The van der Waals surface area contributed by atoms with E-state index in [1.165, 1.54) is 0 Å². The van der Waals surface area contributed by atoms with Crippen molar-refractivity contribution in [1.29, 1.82) is 0 Å². The summed E-state index contributed by atoms with van der Waals surface area (Å²) >= 11 is 0. The third-order valence-corrected chi connectivity index (χ3v) is 8.46. The first-order chi connectivity index (χ1) is 17.1. The summed E-state index contributed by atoms with van der Waals surface area (Å²) in [5.41, 5.74) is 11.3. The molecule has 1 unspecified atom stereocenters. The molecule has 0 radical (unpaired) electrons. The number of para-hydroxylation sites is 1. The number of rotatable bonds is 6. The summed E-state index contributed by atoms with van der Waals surface area (Å²) in [6.07, 6.45) is 0. The van der Waals surface area contributed by atoms with Crippen molar-refractivity contribution in [3.05, 3.63) is 120 Å². The van der Waals surface area contributed by atoms with E-state index in [2.05, 4.69) is 47.4 Å². The molecule has 2 N–H and O–H groups in total. The smallest absolute Gasteiger partial charge is 0.243 e. The standard InChI is InChI=1S/C29H29N3O2S/c30-21-23-9-7-10-24(19-23)25-11-8-12-26(20-25)29-22-31(35(33,34)28-15-5-2-6-16-28)17-18-32(29)27-13-3-1-4-14-27/h1-16,19-20,29H,17-18,21-22,30H2. The number of hydrogen-bond donors (Lipinski definition) is 1. The predicted molar refractivity (Wildman–Crippen MR) is 141 cm³/mol. The fourth-order valence-corrected chi connectivity index (χ4v) is 6.19. The Labute approximate surface area is 207 Å². The van der Waals surface area contributed by atoms with Crippen LogP contribution in [0, 0.1) is 0 Å². The molecular formula is C29H29N3O2S. The molecule has 6 heteroatoms. The van der Waals surface area contributed by atoms with Gasteiger partial charge in [-0.25, -0.2) is 8.42 Å². The van der Waals surface area contributed by atoms with E-state index >= 15 is 0 Å². The zero-order chi connectivity index (χ0) is 24.3. The lowest BCUT2D eigenvalue weighted by Crippen LogP contribution is -2.50. The molecule has 0 saturated carbocycles. The minimum Gasteiger partial charge on any atom is -0.362 e. The minimum absolute atomic E-state index is 0.123. The van der Waals surface area contributed by atoms with Crippen molar-refractivity contribution < 1.29 is 8.42 Å². The van der Waals surface area contributed by atoms with E-state index in [-0.39, 0.29) is 6.04 Å². The first-order valence-corrected chi connectivity index (χ1v) is 13.3. The second kappa shape index (κ2) is 10.0. The van der Waals surface area contributed by atoms with Crippen molar-refractivity contribution in [3.8, 4) is 11.1 Å². The summed E-state index contributed by atoms with van der Waals surface area (Å²) in [6, 6.07) is 35.4. The summed E-state index contributed by atoms with van der Waals surface area (Å²) in [7, 11) is -3.59. The van der Waals surface area contributed by atoms with Crippen LogP contribution in [0.15, 0.2) is 114 Å². The van der Waals surface area contributed by atoms with Gasteiger partial charge < -0.3 is 10.6 Å². The number of nitrogens with two attached hydrogens (primary N) is 1. The van der Waals surface area contributed by atoms with Gasteiger partial charge in [-0.05, 0) is 58.7 Å². The molecule has 0 aliphatic carbocycles. The zero-order valence-electron chi connectivity index (χ0n) is 19.5.